The van der Waals surface area contributed by atoms with Gasteiger partial charge in [-0.3, -0.25) is 14.4 Å². The molecule has 1 fully saturated rings. The molecule has 8 heteroatoms. The molecule has 0 bridgehead atoms. The fourth-order valence-electron chi connectivity index (χ4n) is 4.25. The van der Waals surface area contributed by atoms with Crippen molar-refractivity contribution in [2.24, 2.45) is 0 Å². The van der Waals surface area contributed by atoms with Crippen LogP contribution in [0.3, 0.4) is 0 Å². The molecule has 0 aliphatic carbocycles. The molecular formula is C23H29ClN6O. The normalized spacial score (nSPS) is 15.9. The maximum atomic E-state index is 13.1. The predicted octanol–water partition coefficient (Wildman–Crippen LogP) is 3.63. The predicted molar refractivity (Wildman–Crippen MR) is 121 cm³/mol. The van der Waals surface area contributed by atoms with Crippen molar-refractivity contribution < 1.29 is 4.79 Å². The molecule has 1 unspecified atom stereocenters. The molecule has 1 atom stereocenters. The second-order valence-corrected chi connectivity index (χ2v) is 8.50. The maximum absolute atomic E-state index is 13.1. The lowest BCUT2D eigenvalue weighted by Crippen LogP contribution is -2.50. The Hall–Kier alpha value is -2.64. The Bertz CT molecular complexity index is 1040. The number of carbonyl (C=O) groups excluding carboxylic acids is 1. The van der Waals surface area contributed by atoms with Crippen LogP contribution >= 0.6 is 11.6 Å². The summed E-state index contributed by atoms with van der Waals surface area (Å²) in [4.78, 5) is 17.4. The van der Waals surface area contributed by atoms with Crippen molar-refractivity contribution in [3.05, 3.63) is 64.7 Å². The summed E-state index contributed by atoms with van der Waals surface area (Å²) < 4.78 is 3.70. The Balaban J connectivity index is 1.40. The number of piperazine rings is 1. The van der Waals surface area contributed by atoms with E-state index < -0.39 is 0 Å². The van der Waals surface area contributed by atoms with E-state index in [2.05, 4.69) is 36.0 Å². The number of nitrogens with zero attached hydrogens (tertiary/aromatic N) is 6. The van der Waals surface area contributed by atoms with Gasteiger partial charge in [-0.25, -0.2) is 4.68 Å². The van der Waals surface area contributed by atoms with Crippen molar-refractivity contribution in [3.8, 4) is 5.69 Å². The highest BCUT2D eigenvalue weighted by Gasteiger charge is 2.28. The molecule has 164 valence electrons. The van der Waals surface area contributed by atoms with Crippen molar-refractivity contribution in [1.82, 2.24) is 29.4 Å². The first-order valence-electron chi connectivity index (χ1n) is 10.8. The number of amides is 1. The molecule has 4 rings (SSSR count). The van der Waals surface area contributed by atoms with Crippen LogP contribution in [0.25, 0.3) is 5.69 Å². The molecule has 3 heterocycles. The van der Waals surface area contributed by atoms with Gasteiger partial charge in [-0.15, -0.1) is 0 Å². The van der Waals surface area contributed by atoms with E-state index in [1.54, 1.807) is 17.1 Å². The van der Waals surface area contributed by atoms with Crippen LogP contribution in [0.15, 0.2) is 42.7 Å². The van der Waals surface area contributed by atoms with E-state index >= 15 is 0 Å². The zero-order valence-electron chi connectivity index (χ0n) is 18.3. The van der Waals surface area contributed by atoms with Crippen molar-refractivity contribution in [2.45, 2.75) is 39.8 Å². The van der Waals surface area contributed by atoms with E-state index in [9.17, 15) is 4.79 Å². The van der Waals surface area contributed by atoms with Crippen LogP contribution in [0, 0.1) is 13.8 Å². The third kappa shape index (κ3) is 4.52. The third-order valence-corrected chi connectivity index (χ3v) is 6.26. The van der Waals surface area contributed by atoms with Crippen LogP contribution in [0.2, 0.25) is 5.02 Å². The van der Waals surface area contributed by atoms with Crippen LogP contribution < -0.4 is 0 Å². The summed E-state index contributed by atoms with van der Waals surface area (Å²) in [6, 6.07) is 9.92. The van der Waals surface area contributed by atoms with Gasteiger partial charge in [-0.05, 0) is 32.4 Å². The first-order valence-corrected chi connectivity index (χ1v) is 11.2. The first-order chi connectivity index (χ1) is 15.0. The fourth-order valence-corrected chi connectivity index (χ4v) is 4.39. The summed E-state index contributed by atoms with van der Waals surface area (Å²) in [6.45, 7) is 10.2. The monoisotopic (exact) mass is 440 g/mol. The third-order valence-electron chi connectivity index (χ3n) is 6.07. The molecule has 7 nitrogen and oxygen atoms in total. The van der Waals surface area contributed by atoms with Gasteiger partial charge in [-0.1, -0.05) is 36.7 Å². The van der Waals surface area contributed by atoms with Crippen LogP contribution in [0.4, 0.5) is 0 Å². The van der Waals surface area contributed by atoms with Gasteiger partial charge in [0.25, 0.3) is 0 Å². The van der Waals surface area contributed by atoms with E-state index in [1.807, 2.05) is 34.7 Å². The molecule has 1 aliphatic rings. The van der Waals surface area contributed by atoms with E-state index in [0.717, 1.165) is 44.1 Å². The Morgan fingerprint density at radius 1 is 1.13 bits per heavy atom. The molecule has 0 radical (unpaired) electrons. The molecule has 0 spiro atoms. The highest BCUT2D eigenvalue weighted by Crippen LogP contribution is 2.22. The Kier molecular flexibility index (Phi) is 6.43. The number of hydrogen-bond acceptors (Lipinski definition) is 4. The van der Waals surface area contributed by atoms with Gasteiger partial charge in [-0.2, -0.15) is 10.2 Å². The SMILES string of the molecule is CCC(C(=O)N1CCN(Cc2c(C)nn(-c3ccccc3)c2C)CC1)n1cc(Cl)cn1. The quantitative estimate of drug-likeness (QED) is 0.587. The van der Waals surface area contributed by atoms with Crippen molar-refractivity contribution in [3.63, 3.8) is 0 Å². The molecule has 1 aliphatic heterocycles. The molecule has 2 aromatic heterocycles. The van der Waals surface area contributed by atoms with Crippen molar-refractivity contribution >= 4 is 17.5 Å². The topological polar surface area (TPSA) is 59.2 Å². The van der Waals surface area contributed by atoms with Crippen LogP contribution in [-0.2, 0) is 11.3 Å². The average molecular weight is 441 g/mol. The lowest BCUT2D eigenvalue weighted by atomic mass is 10.1. The minimum absolute atomic E-state index is 0.117. The lowest BCUT2D eigenvalue weighted by molar-refractivity contribution is -0.137. The largest absolute Gasteiger partial charge is 0.338 e. The number of carbonyl (C=O) groups is 1. The van der Waals surface area contributed by atoms with Crippen molar-refractivity contribution in [1.29, 1.82) is 0 Å². The Labute approximate surface area is 188 Å². The lowest BCUT2D eigenvalue weighted by Gasteiger charge is -2.36. The van der Waals surface area contributed by atoms with Gasteiger partial charge < -0.3 is 4.90 Å². The number of benzene rings is 1. The Morgan fingerprint density at radius 2 is 1.84 bits per heavy atom. The van der Waals surface area contributed by atoms with Gasteiger partial charge in [0.1, 0.15) is 6.04 Å². The van der Waals surface area contributed by atoms with Gasteiger partial charge in [0.05, 0.1) is 22.6 Å². The number of halogens is 1. The molecule has 1 amide bonds. The maximum Gasteiger partial charge on any atom is 0.247 e. The minimum atomic E-state index is -0.298. The molecular weight excluding hydrogens is 412 g/mol. The summed E-state index contributed by atoms with van der Waals surface area (Å²) in [5.41, 5.74) is 4.57. The van der Waals surface area contributed by atoms with E-state index in [4.69, 9.17) is 16.7 Å². The molecule has 1 aromatic carbocycles. The molecule has 1 saturated heterocycles. The van der Waals surface area contributed by atoms with Crippen molar-refractivity contribution in [2.75, 3.05) is 26.2 Å². The van der Waals surface area contributed by atoms with Gasteiger partial charge in [0.15, 0.2) is 0 Å². The fraction of sp³-hybridized carbons (Fsp3) is 0.435. The number of hydrogen-bond donors (Lipinski definition) is 0. The number of aryl methyl sites for hydroxylation is 1. The number of para-hydroxylation sites is 1. The highest BCUT2D eigenvalue weighted by atomic mass is 35.5. The van der Waals surface area contributed by atoms with E-state index in [1.165, 1.54) is 11.3 Å². The second kappa shape index (κ2) is 9.24. The van der Waals surface area contributed by atoms with E-state index in [-0.39, 0.29) is 11.9 Å². The van der Waals surface area contributed by atoms with Gasteiger partial charge >= 0.3 is 0 Å². The highest BCUT2D eigenvalue weighted by molar-refractivity contribution is 6.30. The number of rotatable bonds is 6. The van der Waals surface area contributed by atoms with Gasteiger partial charge in [0, 0.05) is 50.2 Å². The van der Waals surface area contributed by atoms with Gasteiger partial charge in [0.2, 0.25) is 5.91 Å². The number of aromatic nitrogens is 4. The average Bonchev–Trinajstić information content (AvgIpc) is 3.33. The molecule has 31 heavy (non-hydrogen) atoms. The van der Waals surface area contributed by atoms with Crippen LogP contribution in [0.1, 0.15) is 36.3 Å². The summed E-state index contributed by atoms with van der Waals surface area (Å²) in [5, 5.41) is 9.56. The molecule has 0 saturated carbocycles. The van der Waals surface area contributed by atoms with E-state index in [0.29, 0.717) is 11.4 Å². The molecule has 3 aromatic rings. The summed E-state index contributed by atoms with van der Waals surface area (Å²) in [6.07, 6.45) is 3.99. The zero-order valence-corrected chi connectivity index (χ0v) is 19.1. The Morgan fingerprint density at radius 3 is 2.45 bits per heavy atom. The minimum Gasteiger partial charge on any atom is -0.338 e. The standard InChI is InChI=1S/C23H29ClN6O/c1-4-22(29-15-19(24)14-25-29)23(31)28-12-10-27(11-13-28)16-21-17(2)26-30(18(21)3)20-8-6-5-7-9-20/h5-9,14-15,22H,4,10-13,16H2,1-3H3. The molecule has 0 N–H and O–H groups in total. The van der Waals surface area contributed by atoms with Crippen LogP contribution in [-0.4, -0.2) is 61.4 Å². The zero-order chi connectivity index (χ0) is 22.0. The second-order valence-electron chi connectivity index (χ2n) is 8.06. The first kappa shape index (κ1) is 21.6. The summed E-state index contributed by atoms with van der Waals surface area (Å²) in [7, 11) is 0. The smallest absolute Gasteiger partial charge is 0.247 e. The summed E-state index contributed by atoms with van der Waals surface area (Å²) >= 11 is 5.99. The summed E-state index contributed by atoms with van der Waals surface area (Å²) in [5.74, 6) is 0.117. The van der Waals surface area contributed by atoms with Crippen LogP contribution in [0.5, 0.6) is 0 Å².